The summed E-state index contributed by atoms with van der Waals surface area (Å²) in [7, 11) is 0. The van der Waals surface area contributed by atoms with E-state index in [-0.39, 0.29) is 29.8 Å². The van der Waals surface area contributed by atoms with Crippen molar-refractivity contribution in [2.24, 2.45) is 5.73 Å². The second-order valence-electron chi connectivity index (χ2n) is 11.9. The zero-order valence-electron chi connectivity index (χ0n) is 24.7. The van der Waals surface area contributed by atoms with Gasteiger partial charge in [-0.25, -0.2) is 4.98 Å². The van der Waals surface area contributed by atoms with E-state index in [1.807, 2.05) is 42.2 Å². The van der Waals surface area contributed by atoms with Crippen LogP contribution in [0.15, 0.2) is 67.1 Å². The lowest BCUT2D eigenvalue weighted by Gasteiger charge is -2.34. The SMILES string of the molecule is CC(C)(N)CC(=O)N[C@H](CCCc1ccccc1)C(=O)Nc1cn(C(C)(C(=O)N2CCCC2)c2ccc(O)cc2)cn1. The second kappa shape index (κ2) is 13.2. The Labute approximate surface area is 247 Å². The van der Waals surface area contributed by atoms with Crippen molar-refractivity contribution >= 4 is 23.5 Å². The summed E-state index contributed by atoms with van der Waals surface area (Å²) in [6.45, 7) is 6.69. The fourth-order valence-electron chi connectivity index (χ4n) is 5.33. The van der Waals surface area contributed by atoms with Gasteiger partial charge in [0.15, 0.2) is 5.82 Å². The van der Waals surface area contributed by atoms with Crippen LogP contribution in [0.1, 0.15) is 64.0 Å². The molecule has 4 rings (SSSR count). The van der Waals surface area contributed by atoms with Crippen LogP contribution in [0.2, 0.25) is 0 Å². The van der Waals surface area contributed by atoms with Crippen LogP contribution in [-0.4, -0.2) is 61.9 Å². The second-order valence-corrected chi connectivity index (χ2v) is 11.9. The highest BCUT2D eigenvalue weighted by Gasteiger charge is 2.41. The molecule has 2 heterocycles. The third-order valence-corrected chi connectivity index (χ3v) is 7.66. The maximum atomic E-state index is 13.8. The molecule has 1 fully saturated rings. The topological polar surface area (TPSA) is 143 Å². The Bertz CT molecular complexity index is 1360. The molecule has 0 aliphatic carbocycles. The Morgan fingerprint density at radius 1 is 1.02 bits per heavy atom. The number of aryl methyl sites for hydroxylation is 1. The zero-order valence-corrected chi connectivity index (χ0v) is 24.7. The summed E-state index contributed by atoms with van der Waals surface area (Å²) in [5.41, 5.74) is 6.01. The third-order valence-electron chi connectivity index (χ3n) is 7.66. The third kappa shape index (κ3) is 7.76. The number of nitrogens with zero attached hydrogens (tertiary/aromatic N) is 3. The van der Waals surface area contributed by atoms with Crippen LogP contribution in [0.5, 0.6) is 5.75 Å². The van der Waals surface area contributed by atoms with Crippen molar-refractivity contribution in [3.63, 3.8) is 0 Å². The van der Waals surface area contributed by atoms with Gasteiger partial charge in [0.05, 0.1) is 6.33 Å². The van der Waals surface area contributed by atoms with Gasteiger partial charge in [0, 0.05) is 31.2 Å². The Balaban J connectivity index is 1.53. The van der Waals surface area contributed by atoms with Crippen LogP contribution in [0.25, 0.3) is 0 Å². The summed E-state index contributed by atoms with van der Waals surface area (Å²) in [6, 6.07) is 15.7. The van der Waals surface area contributed by atoms with Crippen molar-refractivity contribution in [3.05, 3.63) is 78.2 Å². The number of nitrogens with one attached hydrogen (secondary N) is 2. The first-order valence-electron chi connectivity index (χ1n) is 14.5. The number of nitrogens with two attached hydrogens (primary N) is 1. The van der Waals surface area contributed by atoms with Crippen LogP contribution >= 0.6 is 0 Å². The van der Waals surface area contributed by atoms with Crippen LogP contribution in [-0.2, 0) is 26.3 Å². The maximum Gasteiger partial charge on any atom is 0.253 e. The van der Waals surface area contributed by atoms with Crippen LogP contribution < -0.4 is 16.4 Å². The van der Waals surface area contributed by atoms with E-state index < -0.39 is 23.0 Å². The summed E-state index contributed by atoms with van der Waals surface area (Å²) in [4.78, 5) is 46.3. The lowest BCUT2D eigenvalue weighted by atomic mass is 9.90. The predicted molar refractivity (Wildman–Crippen MR) is 162 cm³/mol. The minimum Gasteiger partial charge on any atom is -0.508 e. The van der Waals surface area contributed by atoms with E-state index in [0.717, 1.165) is 24.8 Å². The number of carbonyl (C=O) groups is 3. The van der Waals surface area contributed by atoms with Gasteiger partial charge >= 0.3 is 0 Å². The monoisotopic (exact) mass is 574 g/mol. The fraction of sp³-hybridized carbons (Fsp3) is 0.438. The summed E-state index contributed by atoms with van der Waals surface area (Å²) < 4.78 is 1.69. The molecular weight excluding hydrogens is 532 g/mol. The molecule has 1 unspecified atom stereocenters. The fourth-order valence-corrected chi connectivity index (χ4v) is 5.33. The Morgan fingerprint density at radius 2 is 1.69 bits per heavy atom. The lowest BCUT2D eigenvalue weighted by Crippen LogP contribution is -2.48. The molecule has 1 aliphatic rings. The Hall–Kier alpha value is -4.18. The van der Waals surface area contributed by atoms with Gasteiger partial charge in [0.25, 0.3) is 5.91 Å². The van der Waals surface area contributed by atoms with Crippen molar-refractivity contribution in [1.29, 1.82) is 0 Å². The molecule has 10 nitrogen and oxygen atoms in total. The van der Waals surface area contributed by atoms with Gasteiger partial charge in [-0.2, -0.15) is 0 Å². The van der Waals surface area contributed by atoms with E-state index in [9.17, 15) is 19.5 Å². The normalized spacial score (nSPS) is 15.6. The number of imidazole rings is 1. The molecule has 5 N–H and O–H groups in total. The molecule has 42 heavy (non-hydrogen) atoms. The highest BCUT2D eigenvalue weighted by Crippen LogP contribution is 2.32. The summed E-state index contributed by atoms with van der Waals surface area (Å²) >= 11 is 0. The van der Waals surface area contributed by atoms with Crippen LogP contribution in [0, 0.1) is 0 Å². The first-order chi connectivity index (χ1) is 20.0. The molecule has 0 saturated carbocycles. The van der Waals surface area contributed by atoms with E-state index in [4.69, 9.17) is 5.73 Å². The number of carbonyl (C=O) groups excluding carboxylic acids is 3. The number of aromatic hydroxyl groups is 1. The lowest BCUT2D eigenvalue weighted by molar-refractivity contribution is -0.137. The molecular formula is C32H42N6O4. The smallest absolute Gasteiger partial charge is 0.253 e. The van der Waals surface area contributed by atoms with E-state index in [2.05, 4.69) is 15.6 Å². The summed E-state index contributed by atoms with van der Waals surface area (Å²) in [5, 5.41) is 15.5. The van der Waals surface area contributed by atoms with Crippen molar-refractivity contribution in [3.8, 4) is 5.75 Å². The van der Waals surface area contributed by atoms with Gasteiger partial charge < -0.3 is 30.9 Å². The van der Waals surface area contributed by atoms with E-state index in [0.29, 0.717) is 31.5 Å². The van der Waals surface area contributed by atoms with Crippen LogP contribution in [0.4, 0.5) is 5.82 Å². The Morgan fingerprint density at radius 3 is 2.33 bits per heavy atom. The number of phenolic OH excluding ortho intramolecular Hbond substituents is 1. The summed E-state index contributed by atoms with van der Waals surface area (Å²) in [5.74, 6) is -0.415. The van der Waals surface area contributed by atoms with Crippen molar-refractivity contribution < 1.29 is 19.5 Å². The number of hydrogen-bond donors (Lipinski definition) is 4. The number of anilines is 1. The standard InChI is InChI=1S/C32H42N6O4/c1-31(2,33)20-28(40)35-26(13-9-12-23-10-5-4-6-11-23)29(41)36-27-21-38(22-34-27)32(3,24-14-16-25(39)17-15-24)30(42)37-18-7-8-19-37/h4-6,10-11,14-17,21-22,26,39H,7-9,12-13,18-20,33H2,1-3H3,(H,35,40)(H,36,41)/t26-,32?/m1/s1. The molecule has 0 radical (unpaired) electrons. The van der Waals surface area contributed by atoms with Crippen molar-refractivity contribution in [2.75, 3.05) is 18.4 Å². The number of amides is 3. The predicted octanol–water partition coefficient (Wildman–Crippen LogP) is 3.55. The zero-order chi connectivity index (χ0) is 30.3. The summed E-state index contributed by atoms with van der Waals surface area (Å²) in [6.07, 6.45) is 7.00. The highest BCUT2D eigenvalue weighted by atomic mass is 16.3. The molecule has 2 aromatic carbocycles. The maximum absolute atomic E-state index is 13.8. The quantitative estimate of drug-likeness (QED) is 0.261. The van der Waals surface area contributed by atoms with Gasteiger partial charge in [-0.3, -0.25) is 14.4 Å². The first-order valence-corrected chi connectivity index (χ1v) is 14.5. The molecule has 0 bridgehead atoms. The minimum absolute atomic E-state index is 0.0771. The number of aromatic nitrogens is 2. The number of rotatable bonds is 12. The molecule has 1 saturated heterocycles. The van der Waals surface area contributed by atoms with Gasteiger partial charge in [-0.1, -0.05) is 42.5 Å². The molecule has 3 aromatic rings. The van der Waals surface area contributed by atoms with Gasteiger partial charge in [-0.05, 0) is 76.1 Å². The van der Waals surface area contributed by atoms with E-state index >= 15 is 0 Å². The molecule has 10 heteroatoms. The number of likely N-dealkylation sites (tertiary alicyclic amines) is 1. The van der Waals surface area contributed by atoms with Crippen LogP contribution in [0.3, 0.4) is 0 Å². The van der Waals surface area contributed by atoms with Gasteiger partial charge in [0.2, 0.25) is 11.8 Å². The van der Waals surface area contributed by atoms with Crippen molar-refractivity contribution in [2.45, 2.75) is 76.4 Å². The molecule has 1 aliphatic heterocycles. The van der Waals surface area contributed by atoms with Crippen molar-refractivity contribution in [1.82, 2.24) is 19.8 Å². The van der Waals surface area contributed by atoms with E-state index in [1.165, 1.54) is 6.33 Å². The average molecular weight is 575 g/mol. The molecule has 2 atom stereocenters. The largest absolute Gasteiger partial charge is 0.508 e. The Kier molecular flexibility index (Phi) is 9.67. The first kappa shape index (κ1) is 30.8. The number of phenols is 1. The molecule has 1 aromatic heterocycles. The number of hydrogen-bond acceptors (Lipinski definition) is 6. The molecule has 3 amide bonds. The van der Waals surface area contributed by atoms with Gasteiger partial charge in [0.1, 0.15) is 17.3 Å². The average Bonchev–Trinajstić information content (AvgIpc) is 3.65. The molecule has 0 spiro atoms. The van der Waals surface area contributed by atoms with E-state index in [1.54, 1.807) is 48.9 Å². The molecule has 224 valence electrons. The van der Waals surface area contributed by atoms with Gasteiger partial charge in [-0.15, -0.1) is 0 Å². The highest BCUT2D eigenvalue weighted by molar-refractivity contribution is 5.96. The number of benzene rings is 2. The minimum atomic E-state index is -1.15.